The molecule has 1 N–H and O–H groups in total. The molecule has 0 atom stereocenters. The van der Waals surface area contributed by atoms with E-state index in [-0.39, 0.29) is 0 Å². The number of sulfonamides is 1. The van der Waals surface area contributed by atoms with Gasteiger partial charge in [0.2, 0.25) is 10.0 Å². The highest BCUT2D eigenvalue weighted by Crippen LogP contribution is 2.17. The molecular formula is C10H14INO2S. The summed E-state index contributed by atoms with van der Waals surface area (Å²) in [4.78, 5) is 0.378. The van der Waals surface area contributed by atoms with Crippen LogP contribution in [0.3, 0.4) is 0 Å². The first-order valence-corrected chi connectivity index (χ1v) is 7.29. The lowest BCUT2D eigenvalue weighted by atomic mass is 10.2. The zero-order chi connectivity index (χ0) is 11.5. The van der Waals surface area contributed by atoms with Crippen LogP contribution in [-0.4, -0.2) is 15.0 Å². The van der Waals surface area contributed by atoms with Crippen LogP contribution >= 0.6 is 22.6 Å². The van der Waals surface area contributed by atoms with Crippen LogP contribution in [-0.2, 0) is 10.0 Å². The van der Waals surface area contributed by atoms with E-state index in [1.807, 2.05) is 19.1 Å². The number of hydrogen-bond donors (Lipinski definition) is 1. The maximum Gasteiger partial charge on any atom is 0.240 e. The van der Waals surface area contributed by atoms with E-state index >= 15 is 0 Å². The van der Waals surface area contributed by atoms with Gasteiger partial charge in [-0.25, -0.2) is 13.1 Å². The van der Waals surface area contributed by atoms with Crippen LogP contribution in [0.4, 0.5) is 0 Å². The van der Waals surface area contributed by atoms with E-state index < -0.39 is 10.0 Å². The maximum absolute atomic E-state index is 11.8. The van der Waals surface area contributed by atoms with Gasteiger partial charge in [-0.15, -0.1) is 0 Å². The van der Waals surface area contributed by atoms with Crippen LogP contribution in [0, 0.1) is 10.5 Å². The van der Waals surface area contributed by atoms with Crippen molar-refractivity contribution in [3.05, 3.63) is 27.3 Å². The summed E-state index contributed by atoms with van der Waals surface area (Å²) in [5.41, 5.74) is 0.777. The van der Waals surface area contributed by atoms with Crippen LogP contribution in [0.5, 0.6) is 0 Å². The second-order valence-electron chi connectivity index (χ2n) is 3.31. The van der Waals surface area contributed by atoms with Crippen LogP contribution in [0.25, 0.3) is 0 Å². The Bertz CT molecular complexity index is 443. The van der Waals surface area contributed by atoms with Crippen molar-refractivity contribution in [1.82, 2.24) is 4.72 Å². The molecule has 1 rings (SSSR count). The Labute approximate surface area is 104 Å². The molecule has 1 aromatic carbocycles. The van der Waals surface area contributed by atoms with Crippen molar-refractivity contribution in [3.8, 4) is 0 Å². The van der Waals surface area contributed by atoms with Gasteiger partial charge in [-0.05, 0) is 53.6 Å². The van der Waals surface area contributed by atoms with Crippen LogP contribution in [0.15, 0.2) is 23.1 Å². The summed E-state index contributed by atoms with van der Waals surface area (Å²) >= 11 is 2.11. The Morgan fingerprint density at radius 2 is 2.07 bits per heavy atom. The highest BCUT2D eigenvalue weighted by Gasteiger charge is 2.15. The van der Waals surface area contributed by atoms with E-state index in [1.54, 1.807) is 13.0 Å². The van der Waals surface area contributed by atoms with Crippen LogP contribution in [0.2, 0.25) is 0 Å². The Morgan fingerprint density at radius 1 is 1.40 bits per heavy atom. The average Bonchev–Trinajstić information content (AvgIpc) is 2.18. The van der Waals surface area contributed by atoms with Crippen molar-refractivity contribution >= 4 is 32.6 Å². The zero-order valence-electron chi connectivity index (χ0n) is 8.75. The lowest BCUT2D eigenvalue weighted by Gasteiger charge is -2.08. The monoisotopic (exact) mass is 339 g/mol. The maximum atomic E-state index is 11.8. The third-order valence-corrected chi connectivity index (χ3v) is 4.26. The largest absolute Gasteiger partial charge is 0.240 e. The molecule has 15 heavy (non-hydrogen) atoms. The molecule has 0 unspecified atom stereocenters. The summed E-state index contributed by atoms with van der Waals surface area (Å²) in [5.74, 6) is 0. The molecular weight excluding hydrogens is 325 g/mol. The van der Waals surface area contributed by atoms with Crippen molar-refractivity contribution in [1.29, 1.82) is 0 Å². The minimum Gasteiger partial charge on any atom is -0.211 e. The quantitative estimate of drug-likeness (QED) is 0.856. The Kier molecular flexibility index (Phi) is 4.54. The first-order chi connectivity index (χ1) is 6.97. The molecule has 0 saturated carbocycles. The van der Waals surface area contributed by atoms with Gasteiger partial charge in [0.1, 0.15) is 0 Å². The molecule has 0 bridgehead atoms. The third-order valence-electron chi connectivity index (χ3n) is 1.98. The van der Waals surface area contributed by atoms with E-state index in [0.29, 0.717) is 11.4 Å². The SMILES string of the molecule is CCCNS(=O)(=O)c1cc(I)ccc1C. The highest BCUT2D eigenvalue weighted by molar-refractivity contribution is 14.1. The number of hydrogen-bond acceptors (Lipinski definition) is 2. The van der Waals surface area contributed by atoms with Gasteiger partial charge in [0.25, 0.3) is 0 Å². The summed E-state index contributed by atoms with van der Waals surface area (Å²) in [6.45, 7) is 4.22. The predicted molar refractivity (Wildman–Crippen MR) is 69.4 cm³/mol. The Morgan fingerprint density at radius 3 is 2.67 bits per heavy atom. The van der Waals surface area contributed by atoms with Crippen molar-refractivity contribution < 1.29 is 8.42 Å². The van der Waals surface area contributed by atoms with E-state index in [4.69, 9.17) is 0 Å². The lowest BCUT2D eigenvalue weighted by molar-refractivity contribution is 0.580. The molecule has 0 aliphatic heterocycles. The van der Waals surface area contributed by atoms with E-state index in [1.165, 1.54) is 0 Å². The molecule has 0 heterocycles. The summed E-state index contributed by atoms with van der Waals surface area (Å²) < 4.78 is 27.2. The fraction of sp³-hybridized carbons (Fsp3) is 0.400. The normalized spacial score (nSPS) is 11.7. The van der Waals surface area contributed by atoms with E-state index in [0.717, 1.165) is 15.6 Å². The van der Waals surface area contributed by atoms with Crippen molar-refractivity contribution in [2.45, 2.75) is 25.2 Å². The lowest BCUT2D eigenvalue weighted by Crippen LogP contribution is -2.25. The fourth-order valence-electron chi connectivity index (χ4n) is 1.18. The standard InChI is InChI=1S/C10H14INO2S/c1-3-6-12-15(13,14)10-7-9(11)5-4-8(10)2/h4-5,7,12H,3,6H2,1-2H3. The van der Waals surface area contributed by atoms with E-state index in [9.17, 15) is 8.42 Å². The Balaban J connectivity index is 3.09. The molecule has 0 amide bonds. The summed E-state index contributed by atoms with van der Waals surface area (Å²) in [6, 6.07) is 5.41. The topological polar surface area (TPSA) is 46.2 Å². The summed E-state index contributed by atoms with van der Waals surface area (Å²) in [5, 5.41) is 0. The van der Waals surface area contributed by atoms with Crippen molar-refractivity contribution in [2.24, 2.45) is 0 Å². The molecule has 3 nitrogen and oxygen atoms in total. The molecule has 5 heteroatoms. The average molecular weight is 339 g/mol. The molecule has 0 fully saturated rings. The molecule has 84 valence electrons. The van der Waals surface area contributed by atoms with Gasteiger partial charge >= 0.3 is 0 Å². The third kappa shape index (κ3) is 3.42. The summed E-state index contributed by atoms with van der Waals surface area (Å²) in [6.07, 6.45) is 0.794. The zero-order valence-corrected chi connectivity index (χ0v) is 11.7. The molecule has 1 aromatic rings. The number of benzene rings is 1. The van der Waals surface area contributed by atoms with Crippen molar-refractivity contribution in [3.63, 3.8) is 0 Å². The molecule has 0 spiro atoms. The van der Waals surface area contributed by atoms with E-state index in [2.05, 4.69) is 27.3 Å². The molecule has 0 aliphatic carbocycles. The van der Waals surface area contributed by atoms with Gasteiger partial charge in [0, 0.05) is 10.1 Å². The number of rotatable bonds is 4. The van der Waals surface area contributed by atoms with Gasteiger partial charge in [-0.1, -0.05) is 13.0 Å². The second kappa shape index (κ2) is 5.27. The minimum atomic E-state index is -3.33. The molecule has 0 aromatic heterocycles. The van der Waals surface area contributed by atoms with Crippen molar-refractivity contribution in [2.75, 3.05) is 6.54 Å². The minimum absolute atomic E-state index is 0.378. The van der Waals surface area contributed by atoms with Gasteiger partial charge in [0.15, 0.2) is 0 Å². The smallest absolute Gasteiger partial charge is 0.211 e. The summed E-state index contributed by atoms with van der Waals surface area (Å²) in [7, 11) is -3.33. The molecule has 0 radical (unpaired) electrons. The highest BCUT2D eigenvalue weighted by atomic mass is 127. The molecule has 0 saturated heterocycles. The van der Waals surface area contributed by atoms with Gasteiger partial charge < -0.3 is 0 Å². The van der Waals surface area contributed by atoms with Gasteiger partial charge in [-0.2, -0.15) is 0 Å². The van der Waals surface area contributed by atoms with Crippen LogP contribution < -0.4 is 4.72 Å². The predicted octanol–water partition coefficient (Wildman–Crippen LogP) is 2.29. The van der Waals surface area contributed by atoms with Crippen LogP contribution in [0.1, 0.15) is 18.9 Å². The number of halogens is 1. The van der Waals surface area contributed by atoms with Gasteiger partial charge in [-0.3, -0.25) is 0 Å². The first-order valence-electron chi connectivity index (χ1n) is 4.73. The Hall–Kier alpha value is -0.140. The number of nitrogens with one attached hydrogen (secondary N) is 1. The number of aryl methyl sites for hydroxylation is 1. The first kappa shape index (κ1) is 12.9. The molecule has 0 aliphatic rings. The fourth-order valence-corrected chi connectivity index (χ4v) is 3.28. The second-order valence-corrected chi connectivity index (χ2v) is 6.29. The van der Waals surface area contributed by atoms with Gasteiger partial charge in [0.05, 0.1) is 4.90 Å².